The number of halogens is 2. The molecule has 116 valence electrons. The maximum atomic E-state index is 14.0. The maximum Gasteiger partial charge on any atom is 0.137 e. The SMILES string of the molecule is Fc1cccc([C@@H](C2CCOCC2)N2CCNCC2)c1Br. The Labute approximate surface area is 134 Å². The van der Waals surface area contributed by atoms with E-state index in [1.807, 2.05) is 6.07 Å². The van der Waals surface area contributed by atoms with E-state index in [1.54, 1.807) is 0 Å². The van der Waals surface area contributed by atoms with Crippen LogP contribution < -0.4 is 5.32 Å². The predicted molar refractivity (Wildman–Crippen MR) is 84.8 cm³/mol. The second kappa shape index (κ2) is 7.18. The van der Waals surface area contributed by atoms with E-state index in [2.05, 4.69) is 32.2 Å². The highest BCUT2D eigenvalue weighted by molar-refractivity contribution is 9.10. The van der Waals surface area contributed by atoms with E-state index in [4.69, 9.17) is 4.74 Å². The van der Waals surface area contributed by atoms with Crippen molar-refractivity contribution in [1.29, 1.82) is 0 Å². The van der Waals surface area contributed by atoms with Gasteiger partial charge in [0.05, 0.1) is 4.47 Å². The van der Waals surface area contributed by atoms with Crippen molar-refractivity contribution in [3.63, 3.8) is 0 Å². The van der Waals surface area contributed by atoms with Gasteiger partial charge in [-0.2, -0.15) is 0 Å². The lowest BCUT2D eigenvalue weighted by Crippen LogP contribution is -2.47. The molecule has 1 N–H and O–H groups in total. The number of piperazine rings is 1. The minimum atomic E-state index is -0.167. The van der Waals surface area contributed by atoms with Crippen molar-refractivity contribution in [1.82, 2.24) is 10.2 Å². The Kier molecular flexibility index (Phi) is 5.27. The van der Waals surface area contributed by atoms with Gasteiger partial charge in [0.1, 0.15) is 5.82 Å². The molecule has 1 atom stereocenters. The fraction of sp³-hybridized carbons (Fsp3) is 0.625. The largest absolute Gasteiger partial charge is 0.381 e. The Hall–Kier alpha value is -0.490. The summed E-state index contributed by atoms with van der Waals surface area (Å²) in [6.45, 7) is 5.69. The third-order valence-electron chi connectivity index (χ3n) is 4.56. The number of benzene rings is 1. The predicted octanol–water partition coefficient (Wildman–Crippen LogP) is 2.96. The summed E-state index contributed by atoms with van der Waals surface area (Å²) in [5.41, 5.74) is 1.09. The van der Waals surface area contributed by atoms with Crippen molar-refractivity contribution in [2.75, 3.05) is 39.4 Å². The molecular weight excluding hydrogens is 335 g/mol. The van der Waals surface area contributed by atoms with Crippen molar-refractivity contribution in [3.8, 4) is 0 Å². The van der Waals surface area contributed by atoms with Crippen LogP contribution in [0.4, 0.5) is 4.39 Å². The Balaban J connectivity index is 1.91. The van der Waals surface area contributed by atoms with E-state index in [9.17, 15) is 4.39 Å². The summed E-state index contributed by atoms with van der Waals surface area (Å²) in [6, 6.07) is 5.69. The van der Waals surface area contributed by atoms with E-state index in [1.165, 1.54) is 6.07 Å². The molecule has 21 heavy (non-hydrogen) atoms. The van der Waals surface area contributed by atoms with Crippen LogP contribution in [0.25, 0.3) is 0 Å². The topological polar surface area (TPSA) is 24.5 Å². The molecule has 0 aromatic heterocycles. The van der Waals surface area contributed by atoms with Crippen molar-refractivity contribution >= 4 is 15.9 Å². The van der Waals surface area contributed by atoms with Crippen molar-refractivity contribution < 1.29 is 9.13 Å². The molecule has 3 nitrogen and oxygen atoms in total. The third-order valence-corrected chi connectivity index (χ3v) is 5.39. The Morgan fingerprint density at radius 1 is 1.24 bits per heavy atom. The lowest BCUT2D eigenvalue weighted by atomic mass is 9.85. The Morgan fingerprint density at radius 2 is 1.95 bits per heavy atom. The molecule has 0 amide bonds. The first-order valence-electron chi connectivity index (χ1n) is 7.74. The van der Waals surface area contributed by atoms with Gasteiger partial charge in [-0.25, -0.2) is 4.39 Å². The fourth-order valence-corrected chi connectivity index (χ4v) is 3.99. The van der Waals surface area contributed by atoms with E-state index < -0.39 is 0 Å². The van der Waals surface area contributed by atoms with E-state index in [0.717, 1.165) is 57.8 Å². The molecule has 0 unspecified atom stereocenters. The van der Waals surface area contributed by atoms with Crippen LogP contribution in [-0.4, -0.2) is 44.3 Å². The average Bonchev–Trinajstić information content (AvgIpc) is 2.54. The maximum absolute atomic E-state index is 14.0. The van der Waals surface area contributed by atoms with Crippen LogP contribution in [0, 0.1) is 11.7 Å². The van der Waals surface area contributed by atoms with Gasteiger partial charge in [-0.05, 0) is 46.3 Å². The van der Waals surface area contributed by atoms with Gasteiger partial charge in [-0.3, -0.25) is 4.90 Å². The van der Waals surface area contributed by atoms with Crippen molar-refractivity contribution in [2.45, 2.75) is 18.9 Å². The van der Waals surface area contributed by atoms with Crippen LogP contribution in [-0.2, 0) is 4.74 Å². The van der Waals surface area contributed by atoms with Crippen LogP contribution >= 0.6 is 15.9 Å². The monoisotopic (exact) mass is 356 g/mol. The molecule has 1 aromatic rings. The zero-order chi connectivity index (χ0) is 14.7. The highest BCUT2D eigenvalue weighted by Gasteiger charge is 2.32. The first-order chi connectivity index (χ1) is 10.3. The zero-order valence-electron chi connectivity index (χ0n) is 12.2. The van der Waals surface area contributed by atoms with Crippen molar-refractivity contribution in [3.05, 3.63) is 34.1 Å². The number of hydrogen-bond donors (Lipinski definition) is 1. The molecule has 3 rings (SSSR count). The van der Waals surface area contributed by atoms with E-state index in [-0.39, 0.29) is 11.9 Å². The highest BCUT2D eigenvalue weighted by Crippen LogP contribution is 2.39. The van der Waals surface area contributed by atoms with Gasteiger partial charge in [-0.15, -0.1) is 0 Å². The van der Waals surface area contributed by atoms with Crippen LogP contribution in [0.5, 0.6) is 0 Å². The van der Waals surface area contributed by atoms with Crippen LogP contribution in [0.2, 0.25) is 0 Å². The smallest absolute Gasteiger partial charge is 0.137 e. The molecule has 2 aliphatic heterocycles. The summed E-state index contributed by atoms with van der Waals surface area (Å²) in [5.74, 6) is 0.370. The first-order valence-corrected chi connectivity index (χ1v) is 8.53. The summed E-state index contributed by atoms with van der Waals surface area (Å²) in [7, 11) is 0. The highest BCUT2D eigenvalue weighted by atomic mass is 79.9. The van der Waals surface area contributed by atoms with E-state index >= 15 is 0 Å². The number of nitrogens with one attached hydrogen (secondary N) is 1. The molecule has 0 spiro atoms. The lowest BCUT2D eigenvalue weighted by molar-refractivity contribution is 0.0210. The molecule has 0 saturated carbocycles. The molecule has 0 radical (unpaired) electrons. The van der Waals surface area contributed by atoms with Gasteiger partial charge in [0.2, 0.25) is 0 Å². The van der Waals surface area contributed by atoms with Gasteiger partial charge < -0.3 is 10.1 Å². The fourth-order valence-electron chi connectivity index (χ4n) is 3.49. The zero-order valence-corrected chi connectivity index (χ0v) is 13.7. The summed E-state index contributed by atoms with van der Waals surface area (Å²) < 4.78 is 20.1. The van der Waals surface area contributed by atoms with Crippen LogP contribution in [0.1, 0.15) is 24.4 Å². The summed E-state index contributed by atoms with van der Waals surface area (Å²) in [5, 5.41) is 3.40. The molecule has 2 heterocycles. The second-order valence-electron chi connectivity index (χ2n) is 5.82. The molecular formula is C16H22BrFN2O. The normalized spacial score (nSPS) is 23.1. The summed E-state index contributed by atoms with van der Waals surface area (Å²) in [4.78, 5) is 2.51. The number of nitrogens with zero attached hydrogens (tertiary/aromatic N) is 1. The van der Waals surface area contributed by atoms with Crippen molar-refractivity contribution in [2.24, 2.45) is 5.92 Å². The molecule has 2 aliphatic rings. The second-order valence-corrected chi connectivity index (χ2v) is 6.62. The standard InChI is InChI=1S/C16H22BrFN2O/c17-15-13(2-1-3-14(15)18)16(12-4-10-21-11-5-12)20-8-6-19-7-9-20/h1-3,12,16,19H,4-11H2/t16-/m1/s1. The lowest BCUT2D eigenvalue weighted by Gasteiger charge is -2.41. The Morgan fingerprint density at radius 3 is 2.67 bits per heavy atom. The van der Waals surface area contributed by atoms with E-state index in [0.29, 0.717) is 10.4 Å². The minimum Gasteiger partial charge on any atom is -0.381 e. The Bertz CT molecular complexity index is 455. The summed E-state index contributed by atoms with van der Waals surface area (Å²) in [6.07, 6.45) is 2.11. The number of rotatable bonds is 3. The number of hydrogen-bond acceptors (Lipinski definition) is 3. The van der Waals surface area contributed by atoms with Crippen LogP contribution in [0.3, 0.4) is 0 Å². The molecule has 2 fully saturated rings. The molecule has 0 bridgehead atoms. The third kappa shape index (κ3) is 3.47. The minimum absolute atomic E-state index is 0.167. The molecule has 5 heteroatoms. The number of ether oxygens (including phenoxy) is 1. The van der Waals surface area contributed by atoms with Gasteiger partial charge in [0, 0.05) is 45.4 Å². The van der Waals surface area contributed by atoms with Gasteiger partial charge in [0.15, 0.2) is 0 Å². The van der Waals surface area contributed by atoms with Gasteiger partial charge in [-0.1, -0.05) is 12.1 Å². The molecule has 1 aromatic carbocycles. The first kappa shape index (κ1) is 15.4. The van der Waals surface area contributed by atoms with Gasteiger partial charge in [0.25, 0.3) is 0 Å². The van der Waals surface area contributed by atoms with Crippen LogP contribution in [0.15, 0.2) is 22.7 Å². The molecule has 2 saturated heterocycles. The summed E-state index contributed by atoms with van der Waals surface area (Å²) >= 11 is 3.47. The quantitative estimate of drug-likeness (QED) is 0.900. The van der Waals surface area contributed by atoms with Gasteiger partial charge >= 0.3 is 0 Å². The average molecular weight is 357 g/mol. The molecule has 0 aliphatic carbocycles.